The Morgan fingerprint density at radius 3 is 0.640 bits per heavy atom. The Kier molecular flexibility index (Phi) is 5.69. The quantitative estimate of drug-likeness (QED) is 0.467. The summed E-state index contributed by atoms with van der Waals surface area (Å²) >= 11 is 0. The number of alkyl halides is 16. The van der Waals surface area contributed by atoms with E-state index in [2.05, 4.69) is 0 Å². The minimum Gasteiger partial charge on any atom is -0.244 e. The third-order valence-corrected chi connectivity index (χ3v) is 2.83. The fourth-order valence-corrected chi connectivity index (χ4v) is 1.22. The maximum Gasteiger partial charge on any atom is 0.384 e. The lowest BCUT2D eigenvalue weighted by Gasteiger charge is -2.41. The van der Waals surface area contributed by atoms with Crippen LogP contribution in [0.1, 0.15) is 0 Å². The van der Waals surface area contributed by atoms with Gasteiger partial charge in [0, 0.05) is 0 Å². The minimum absolute atomic E-state index is 3.83. The summed E-state index contributed by atoms with van der Waals surface area (Å²) in [5, 5.41) is 0. The van der Waals surface area contributed by atoms with Gasteiger partial charge in [-0.3, -0.25) is 0 Å². The van der Waals surface area contributed by atoms with Crippen LogP contribution in [0.4, 0.5) is 70.2 Å². The minimum atomic E-state index is -8.29. The first-order valence-corrected chi connectivity index (χ1v) is 5.39. The number of rotatable bonds is 8. The van der Waals surface area contributed by atoms with Crippen LogP contribution in [0.3, 0.4) is 0 Å². The van der Waals surface area contributed by atoms with Crippen LogP contribution in [0, 0.1) is 0 Å². The van der Waals surface area contributed by atoms with Crippen molar-refractivity contribution in [3.05, 3.63) is 0 Å². The molecule has 0 amide bonds. The van der Waals surface area contributed by atoms with Crippen molar-refractivity contribution in [2.45, 2.75) is 41.5 Å². The molecular weight excluding hydrogens is 412 g/mol. The molecule has 0 aliphatic heterocycles. The zero-order valence-corrected chi connectivity index (χ0v) is 11.0. The molecule has 0 rings (SSSR count). The highest BCUT2D eigenvalue weighted by Gasteiger charge is 2.92. The molecule has 0 fully saturated rings. The van der Waals surface area contributed by atoms with Gasteiger partial charge in [0.05, 0.1) is 0 Å². The predicted molar refractivity (Wildman–Crippen MR) is 46.6 cm³/mol. The van der Waals surface area contributed by atoms with Crippen molar-refractivity contribution < 1.29 is 70.2 Å². The molecular formula is C9H4F16. The lowest BCUT2D eigenvalue weighted by molar-refractivity contribution is -0.442. The Bertz CT molecular complexity index is 434. The van der Waals surface area contributed by atoms with Crippen molar-refractivity contribution in [1.82, 2.24) is 0 Å². The Balaban J connectivity index is 6.46. The monoisotopic (exact) mass is 416 g/mol. The zero-order valence-electron chi connectivity index (χ0n) is 11.0. The van der Waals surface area contributed by atoms with Gasteiger partial charge >= 0.3 is 41.5 Å². The van der Waals surface area contributed by atoms with Crippen molar-refractivity contribution in [2.75, 3.05) is 13.3 Å². The molecule has 0 saturated heterocycles. The van der Waals surface area contributed by atoms with Crippen LogP contribution in [0.25, 0.3) is 0 Å². The highest BCUT2D eigenvalue weighted by molar-refractivity contribution is 5.14. The molecule has 152 valence electrons. The lowest BCUT2D eigenvalue weighted by Crippen LogP contribution is -2.73. The molecule has 0 aliphatic rings. The van der Waals surface area contributed by atoms with Crippen LogP contribution in [-0.2, 0) is 0 Å². The second-order valence-corrected chi connectivity index (χ2v) is 4.55. The Morgan fingerprint density at radius 2 is 0.480 bits per heavy atom. The fourth-order valence-electron chi connectivity index (χ4n) is 1.22. The predicted octanol–water partition coefficient (Wildman–Crippen LogP) is 5.37. The average molecular weight is 416 g/mol. The van der Waals surface area contributed by atoms with E-state index in [4.69, 9.17) is 0 Å². The normalized spacial score (nSPS) is 16.3. The van der Waals surface area contributed by atoms with Gasteiger partial charge in [0.25, 0.3) is 0 Å². The average Bonchev–Trinajstić information content (AvgIpc) is 2.45. The topological polar surface area (TPSA) is 0 Å². The molecule has 0 N–H and O–H groups in total. The van der Waals surface area contributed by atoms with E-state index in [9.17, 15) is 70.2 Å². The van der Waals surface area contributed by atoms with Crippen LogP contribution in [-0.4, -0.2) is 54.8 Å². The Morgan fingerprint density at radius 1 is 0.320 bits per heavy atom. The van der Waals surface area contributed by atoms with Gasteiger partial charge in [0.2, 0.25) is 0 Å². The van der Waals surface area contributed by atoms with Gasteiger partial charge in [-0.1, -0.05) is 0 Å². The van der Waals surface area contributed by atoms with E-state index in [-0.39, 0.29) is 0 Å². The van der Waals surface area contributed by atoms with Crippen molar-refractivity contribution in [3.8, 4) is 0 Å². The third kappa shape index (κ3) is 2.88. The number of hydrogen-bond acceptors (Lipinski definition) is 0. The standard InChI is InChI=1S/C9H4F16/c10-1-3(12,13)5(16,17)7(20,21)9(24,25)8(22,23)6(18,19)4(14,15)2-11/h1-2H2. The largest absolute Gasteiger partial charge is 0.384 e. The molecule has 0 aliphatic carbocycles. The van der Waals surface area contributed by atoms with Crippen molar-refractivity contribution in [1.29, 1.82) is 0 Å². The summed E-state index contributed by atoms with van der Waals surface area (Å²) in [6, 6.07) is 0. The van der Waals surface area contributed by atoms with E-state index in [1.165, 1.54) is 0 Å². The van der Waals surface area contributed by atoms with E-state index in [0.717, 1.165) is 0 Å². The first-order valence-electron chi connectivity index (χ1n) is 5.39. The van der Waals surface area contributed by atoms with E-state index >= 15 is 0 Å². The van der Waals surface area contributed by atoms with E-state index < -0.39 is 54.8 Å². The fraction of sp³-hybridized carbons (Fsp3) is 1.00. The summed E-state index contributed by atoms with van der Waals surface area (Å²) in [5.74, 6) is -53.6. The molecule has 0 atom stereocenters. The van der Waals surface area contributed by atoms with Crippen molar-refractivity contribution >= 4 is 0 Å². The van der Waals surface area contributed by atoms with Crippen LogP contribution >= 0.6 is 0 Å². The maximum atomic E-state index is 12.9. The smallest absolute Gasteiger partial charge is 0.244 e. The van der Waals surface area contributed by atoms with Crippen LogP contribution in [0.15, 0.2) is 0 Å². The SMILES string of the molecule is FCC(F)(F)C(F)(F)C(F)(F)C(F)(F)C(F)(F)C(F)(F)C(F)(F)CF. The van der Waals surface area contributed by atoms with E-state index in [0.29, 0.717) is 0 Å². The molecule has 0 aromatic carbocycles. The van der Waals surface area contributed by atoms with E-state index in [1.54, 1.807) is 0 Å². The number of hydrogen-bond donors (Lipinski definition) is 0. The Labute approximate surface area is 126 Å². The van der Waals surface area contributed by atoms with Crippen LogP contribution in [0.2, 0.25) is 0 Å². The summed E-state index contributed by atoms with van der Waals surface area (Å²) < 4.78 is 201. The highest BCUT2D eigenvalue weighted by atomic mass is 19.4. The molecule has 25 heavy (non-hydrogen) atoms. The summed E-state index contributed by atoms with van der Waals surface area (Å²) in [4.78, 5) is 0. The summed E-state index contributed by atoms with van der Waals surface area (Å²) in [6.07, 6.45) is 0. The van der Waals surface area contributed by atoms with Crippen molar-refractivity contribution in [3.63, 3.8) is 0 Å². The molecule has 0 radical (unpaired) electrons. The van der Waals surface area contributed by atoms with Gasteiger partial charge in [0.1, 0.15) is 0 Å². The van der Waals surface area contributed by atoms with Gasteiger partial charge < -0.3 is 0 Å². The third-order valence-electron chi connectivity index (χ3n) is 2.83. The van der Waals surface area contributed by atoms with Gasteiger partial charge in [-0.25, -0.2) is 8.78 Å². The van der Waals surface area contributed by atoms with Gasteiger partial charge in [-0.2, -0.15) is 61.5 Å². The van der Waals surface area contributed by atoms with Gasteiger partial charge in [-0.15, -0.1) is 0 Å². The van der Waals surface area contributed by atoms with Crippen molar-refractivity contribution in [2.24, 2.45) is 0 Å². The molecule has 0 bridgehead atoms. The molecule has 0 unspecified atom stereocenters. The molecule has 16 heteroatoms. The summed E-state index contributed by atoms with van der Waals surface area (Å²) in [5.41, 5.74) is 0. The number of halogens is 16. The summed E-state index contributed by atoms with van der Waals surface area (Å²) in [7, 11) is 0. The second-order valence-electron chi connectivity index (χ2n) is 4.55. The van der Waals surface area contributed by atoms with Crippen LogP contribution in [0.5, 0.6) is 0 Å². The second kappa shape index (κ2) is 5.96. The molecule has 0 aromatic heterocycles. The molecule has 0 nitrogen and oxygen atoms in total. The molecule has 0 heterocycles. The lowest BCUT2D eigenvalue weighted by atomic mass is 9.89. The zero-order chi connectivity index (χ0) is 20.9. The highest BCUT2D eigenvalue weighted by Crippen LogP contribution is 2.62. The first kappa shape index (κ1) is 23.9. The Hall–Kier alpha value is -1.12. The molecule has 0 spiro atoms. The summed E-state index contributed by atoms with van der Waals surface area (Å²) in [6.45, 7) is -7.65. The molecule has 0 aromatic rings. The van der Waals surface area contributed by atoms with Gasteiger partial charge in [0.15, 0.2) is 13.3 Å². The van der Waals surface area contributed by atoms with E-state index in [1.807, 2.05) is 0 Å². The molecule has 0 saturated carbocycles. The first-order chi connectivity index (χ1) is 10.6. The van der Waals surface area contributed by atoms with Crippen LogP contribution < -0.4 is 0 Å². The maximum absolute atomic E-state index is 12.9. The van der Waals surface area contributed by atoms with Gasteiger partial charge in [-0.05, 0) is 0 Å².